The predicted molar refractivity (Wildman–Crippen MR) is 23.8 cm³/mol. The Morgan fingerprint density at radius 3 is 1.12 bits per heavy atom. The minimum absolute atomic E-state index is 0. The van der Waals surface area contributed by atoms with Gasteiger partial charge in [-0.1, -0.05) is 0 Å². The quantitative estimate of drug-likeness (QED) is 0.357. The smallest absolute Gasteiger partial charge is 0.328 e. The zero-order valence-corrected chi connectivity index (χ0v) is 6.18. The van der Waals surface area contributed by atoms with E-state index < -0.39 is 17.2 Å². The first kappa shape index (κ1) is 11.9. The summed E-state index contributed by atoms with van der Waals surface area (Å²) >= 11 is 0. The van der Waals surface area contributed by atoms with E-state index in [4.69, 9.17) is 19.6 Å². The number of hydrogen-bond acceptors (Lipinski definition) is 5. The van der Waals surface area contributed by atoms with E-state index in [1.54, 1.807) is 0 Å². The fourth-order valence-electron chi connectivity index (χ4n) is 0.0653. The van der Waals surface area contributed by atoms with Gasteiger partial charge in [0.1, 0.15) is 0 Å². The van der Waals surface area contributed by atoms with E-state index in [0.29, 0.717) is 0 Å². The van der Waals surface area contributed by atoms with E-state index in [0.717, 1.165) is 0 Å². The van der Waals surface area contributed by atoms with Crippen molar-refractivity contribution in [2.24, 2.45) is 0 Å². The third-order valence-electron chi connectivity index (χ3n) is 0.146. The van der Waals surface area contributed by atoms with Gasteiger partial charge in [0, 0.05) is 16.5 Å². The molecule has 0 saturated carbocycles. The molecule has 0 atom stereocenters. The van der Waals surface area contributed by atoms with Gasteiger partial charge in [0.05, 0.1) is 0 Å². The van der Waals surface area contributed by atoms with E-state index in [1.165, 1.54) is 0 Å². The van der Waals surface area contributed by atoms with Crippen molar-refractivity contribution in [3.05, 3.63) is 0 Å². The zero-order chi connectivity index (χ0) is 5.86. The third-order valence-corrected chi connectivity index (χ3v) is 1.31. The summed E-state index contributed by atoms with van der Waals surface area (Å²) in [4.78, 5) is 31.3. The Balaban J connectivity index is 0. The fourth-order valence-corrected chi connectivity index (χ4v) is 0.588. The third kappa shape index (κ3) is 10.2. The van der Waals surface area contributed by atoms with Crippen LogP contribution in [0.4, 0.5) is 0 Å². The van der Waals surface area contributed by atoms with Gasteiger partial charge in [0.2, 0.25) is 0 Å². The van der Waals surface area contributed by atoms with Crippen molar-refractivity contribution in [2.45, 2.75) is 0 Å². The van der Waals surface area contributed by atoms with Gasteiger partial charge in [-0.15, -0.1) is 0 Å². The molecule has 0 saturated heterocycles. The normalized spacial score (nSPS) is 9.75. The van der Waals surface area contributed by atoms with Crippen LogP contribution in [-0.4, -0.2) is 19.6 Å². The molecule has 0 unspecified atom stereocenters. The summed E-state index contributed by atoms with van der Waals surface area (Å²) in [6.07, 6.45) is 0. The van der Waals surface area contributed by atoms with E-state index >= 15 is 0 Å². The molecule has 0 aromatic carbocycles. The van der Waals surface area contributed by atoms with Crippen molar-refractivity contribution < 1.29 is 40.4 Å². The molecular formula is H4NiO5P2. The van der Waals surface area contributed by atoms with Gasteiger partial charge >= 0.3 is 17.2 Å². The van der Waals surface area contributed by atoms with Crippen LogP contribution in [-0.2, 0) is 20.8 Å². The van der Waals surface area contributed by atoms with Crippen LogP contribution in [0.1, 0.15) is 0 Å². The Labute approximate surface area is 58.2 Å². The molecule has 0 aliphatic carbocycles. The van der Waals surface area contributed by atoms with Crippen LogP contribution < -0.4 is 0 Å². The van der Waals surface area contributed by atoms with Crippen LogP contribution in [0.5, 0.6) is 0 Å². The van der Waals surface area contributed by atoms with Gasteiger partial charge < -0.3 is 19.6 Å². The largest absolute Gasteiger partial charge is 0.334 e. The standard InChI is InChI=1S/Ni.H4O5P2/c;1-6(2)5-7(3)4/h;1-4H. The maximum Gasteiger partial charge on any atom is 0.334 e. The fraction of sp³-hybridized carbons (Fsp3) is 0. The molecule has 8 heavy (non-hydrogen) atoms. The van der Waals surface area contributed by atoms with E-state index in [1.807, 2.05) is 0 Å². The first-order chi connectivity index (χ1) is 3.13. The Morgan fingerprint density at radius 1 is 0.875 bits per heavy atom. The number of rotatable bonds is 2. The van der Waals surface area contributed by atoms with Crippen molar-refractivity contribution in [1.82, 2.24) is 0 Å². The molecule has 0 fully saturated rings. The average molecular weight is 205 g/mol. The summed E-state index contributed by atoms with van der Waals surface area (Å²) in [5.74, 6) is 0. The summed E-state index contributed by atoms with van der Waals surface area (Å²) in [6, 6.07) is 0. The molecule has 0 aromatic heterocycles. The average Bonchev–Trinajstić information content (AvgIpc) is 1.27. The summed E-state index contributed by atoms with van der Waals surface area (Å²) in [7, 11) is -5.22. The number of hydrogen-bond donors (Lipinski definition) is 4. The molecule has 0 spiro atoms. The molecule has 0 aromatic rings. The van der Waals surface area contributed by atoms with Crippen LogP contribution in [0, 0.1) is 0 Å². The van der Waals surface area contributed by atoms with Crippen molar-refractivity contribution in [1.29, 1.82) is 0 Å². The van der Waals surface area contributed by atoms with Crippen LogP contribution in [0.2, 0.25) is 0 Å². The van der Waals surface area contributed by atoms with Gasteiger partial charge in [-0.3, -0.25) is 0 Å². The molecule has 54 valence electrons. The second kappa shape index (κ2) is 6.28. The SMILES string of the molecule is OP(O)OP(O)O.[Ni]. The first-order valence-corrected chi connectivity index (χ1v) is 3.50. The monoisotopic (exact) mass is 204 g/mol. The van der Waals surface area contributed by atoms with Gasteiger partial charge in [-0.25, -0.2) is 4.31 Å². The Bertz CT molecular complexity index is 39.7. The van der Waals surface area contributed by atoms with E-state index in [9.17, 15) is 0 Å². The maximum atomic E-state index is 7.82. The van der Waals surface area contributed by atoms with Gasteiger partial charge in [0.25, 0.3) is 0 Å². The topological polar surface area (TPSA) is 90.2 Å². The van der Waals surface area contributed by atoms with E-state index in [-0.39, 0.29) is 16.5 Å². The van der Waals surface area contributed by atoms with Crippen LogP contribution in [0.15, 0.2) is 0 Å². The molecule has 0 radical (unpaired) electrons. The zero-order valence-electron chi connectivity index (χ0n) is 3.41. The molecule has 0 bridgehead atoms. The van der Waals surface area contributed by atoms with Crippen LogP contribution in [0.25, 0.3) is 0 Å². The molecule has 8 heteroatoms. The summed E-state index contributed by atoms with van der Waals surface area (Å²) in [6.45, 7) is 0. The van der Waals surface area contributed by atoms with E-state index in [2.05, 4.69) is 4.31 Å². The Morgan fingerprint density at radius 2 is 1.12 bits per heavy atom. The van der Waals surface area contributed by atoms with Gasteiger partial charge in [-0.05, 0) is 0 Å². The molecule has 0 aliphatic heterocycles. The Kier molecular flexibility index (Phi) is 9.33. The van der Waals surface area contributed by atoms with Crippen LogP contribution >= 0.6 is 17.2 Å². The molecule has 0 aliphatic rings. The van der Waals surface area contributed by atoms with Crippen molar-refractivity contribution in [2.75, 3.05) is 0 Å². The van der Waals surface area contributed by atoms with Crippen molar-refractivity contribution >= 4 is 17.2 Å². The summed E-state index contributed by atoms with van der Waals surface area (Å²) in [5, 5.41) is 0. The molecular weight excluding hydrogens is 201 g/mol. The Hall–Kier alpha value is 1.15. The molecule has 0 amide bonds. The van der Waals surface area contributed by atoms with Crippen LogP contribution in [0.3, 0.4) is 0 Å². The minimum atomic E-state index is -2.61. The molecule has 0 heterocycles. The van der Waals surface area contributed by atoms with Gasteiger partial charge in [0.15, 0.2) is 0 Å². The van der Waals surface area contributed by atoms with Gasteiger partial charge in [-0.2, -0.15) is 0 Å². The molecule has 5 nitrogen and oxygen atoms in total. The summed E-state index contributed by atoms with van der Waals surface area (Å²) < 4.78 is 3.60. The molecule has 0 rings (SSSR count). The first-order valence-electron chi connectivity index (χ1n) is 1.17. The summed E-state index contributed by atoms with van der Waals surface area (Å²) in [5.41, 5.74) is 0. The van der Waals surface area contributed by atoms with Crippen molar-refractivity contribution in [3.63, 3.8) is 0 Å². The minimum Gasteiger partial charge on any atom is -0.328 e. The maximum absolute atomic E-state index is 7.82. The predicted octanol–water partition coefficient (Wildman–Crippen LogP) is -0.577. The van der Waals surface area contributed by atoms with Crippen molar-refractivity contribution in [3.8, 4) is 0 Å². The second-order valence-electron chi connectivity index (χ2n) is 0.587. The second-order valence-corrected chi connectivity index (χ2v) is 2.25. The molecule has 4 N–H and O–H groups in total.